The van der Waals surface area contributed by atoms with Crippen molar-refractivity contribution in [2.45, 2.75) is 16.7 Å². The molecule has 0 aliphatic carbocycles. The van der Waals surface area contributed by atoms with Gasteiger partial charge >= 0.3 is 0 Å². The zero-order chi connectivity index (χ0) is 25.4. The largest absolute Gasteiger partial charge is 0.505 e. The Morgan fingerprint density at radius 2 is 1.49 bits per heavy atom. The van der Waals surface area contributed by atoms with Gasteiger partial charge in [-0.1, -0.05) is 47.5 Å². The molecule has 4 rings (SSSR count). The molecular formula is C23H18ClN3O6S2. The Bertz CT molecular complexity index is 1690. The number of sulfonamides is 1. The number of aromatic hydroxyl groups is 1. The van der Waals surface area contributed by atoms with Gasteiger partial charge in [0, 0.05) is 0 Å². The summed E-state index contributed by atoms with van der Waals surface area (Å²) in [5, 5.41) is 19.4. The minimum atomic E-state index is -4.69. The van der Waals surface area contributed by atoms with Crippen molar-refractivity contribution in [1.29, 1.82) is 0 Å². The molecule has 0 amide bonds. The van der Waals surface area contributed by atoms with Gasteiger partial charge in [0.25, 0.3) is 20.1 Å². The first-order valence-electron chi connectivity index (χ1n) is 9.99. The van der Waals surface area contributed by atoms with Crippen molar-refractivity contribution in [3.63, 3.8) is 0 Å². The average Bonchev–Trinajstić information content (AvgIpc) is 2.79. The number of hydrogen-bond donors (Lipinski definition) is 3. The van der Waals surface area contributed by atoms with Crippen LogP contribution in [0.25, 0.3) is 10.8 Å². The van der Waals surface area contributed by atoms with Crippen LogP contribution in [0, 0.1) is 6.92 Å². The maximum atomic E-state index is 13.0. The highest BCUT2D eigenvalue weighted by Gasteiger charge is 2.22. The van der Waals surface area contributed by atoms with Crippen LogP contribution in [-0.4, -0.2) is 26.5 Å². The Hall–Kier alpha value is -3.51. The molecule has 0 saturated carbocycles. The quantitative estimate of drug-likeness (QED) is 0.206. The standard InChI is InChI=1S/C23H18ClN3O6S2/c1-14-6-9-16(10-7-14)34(29,30)27-21-13-17(35(31,32)33)12-15-8-11-20(23(28)22(15)21)26-25-19-5-3-2-4-18(19)24/h2-13,27-28H,1H3,(H,31,32,33). The van der Waals surface area contributed by atoms with Crippen LogP contribution in [0.15, 0.2) is 92.8 Å². The fraction of sp³-hybridized carbons (Fsp3) is 0.0435. The van der Waals surface area contributed by atoms with E-state index in [4.69, 9.17) is 11.6 Å². The molecule has 0 aromatic heterocycles. The summed E-state index contributed by atoms with van der Waals surface area (Å²) in [6.45, 7) is 1.80. The molecule has 180 valence electrons. The first-order valence-corrected chi connectivity index (χ1v) is 13.3. The first-order chi connectivity index (χ1) is 16.5. The number of halogens is 1. The number of azo groups is 1. The van der Waals surface area contributed by atoms with Crippen LogP contribution in [0.1, 0.15) is 5.56 Å². The second-order valence-corrected chi connectivity index (χ2v) is 11.1. The number of fused-ring (bicyclic) bond motifs is 1. The summed E-state index contributed by atoms with van der Waals surface area (Å²) in [6, 6.07) is 17.4. The van der Waals surface area contributed by atoms with E-state index in [-0.39, 0.29) is 27.0 Å². The summed E-state index contributed by atoms with van der Waals surface area (Å²) in [5.74, 6) is -0.457. The third-order valence-corrected chi connectivity index (χ3v) is 7.57. The molecule has 0 bridgehead atoms. The number of benzene rings is 4. The number of rotatable bonds is 6. The zero-order valence-electron chi connectivity index (χ0n) is 18.0. The topological polar surface area (TPSA) is 145 Å². The summed E-state index contributed by atoms with van der Waals surface area (Å²) in [6.07, 6.45) is 0. The summed E-state index contributed by atoms with van der Waals surface area (Å²) in [5.41, 5.74) is 0.889. The predicted octanol–water partition coefficient (Wildman–Crippen LogP) is 5.97. The minimum Gasteiger partial charge on any atom is -0.505 e. The van der Waals surface area contributed by atoms with Gasteiger partial charge in [-0.05, 0) is 54.8 Å². The van der Waals surface area contributed by atoms with Gasteiger partial charge in [0.15, 0.2) is 5.75 Å². The number of nitrogens with one attached hydrogen (secondary N) is 1. The molecule has 9 nitrogen and oxygen atoms in total. The van der Waals surface area contributed by atoms with Crippen LogP contribution >= 0.6 is 11.6 Å². The lowest BCUT2D eigenvalue weighted by Crippen LogP contribution is -2.14. The van der Waals surface area contributed by atoms with Gasteiger partial charge in [-0.3, -0.25) is 9.27 Å². The van der Waals surface area contributed by atoms with E-state index in [9.17, 15) is 26.5 Å². The van der Waals surface area contributed by atoms with Crippen LogP contribution < -0.4 is 4.72 Å². The molecule has 0 heterocycles. The van der Waals surface area contributed by atoms with Crippen molar-refractivity contribution < 1.29 is 26.5 Å². The lowest BCUT2D eigenvalue weighted by atomic mass is 10.1. The third kappa shape index (κ3) is 5.28. The number of phenols is 1. The fourth-order valence-electron chi connectivity index (χ4n) is 3.28. The summed E-state index contributed by atoms with van der Waals surface area (Å²) < 4.78 is 61.5. The van der Waals surface area contributed by atoms with Gasteiger partial charge in [0.05, 0.1) is 25.9 Å². The highest BCUT2D eigenvalue weighted by Crippen LogP contribution is 2.42. The summed E-state index contributed by atoms with van der Waals surface area (Å²) >= 11 is 6.08. The van der Waals surface area contributed by atoms with Gasteiger partial charge in [-0.15, -0.1) is 10.2 Å². The van der Waals surface area contributed by atoms with E-state index in [1.54, 1.807) is 43.3 Å². The number of nitrogens with zero attached hydrogens (tertiary/aromatic N) is 2. The number of hydrogen-bond acceptors (Lipinski definition) is 7. The molecule has 4 aromatic carbocycles. The Labute approximate surface area is 206 Å². The summed E-state index contributed by atoms with van der Waals surface area (Å²) in [7, 11) is -8.87. The molecule has 12 heteroatoms. The minimum absolute atomic E-state index is 0.0205. The molecule has 0 aliphatic rings. The Morgan fingerprint density at radius 3 is 2.14 bits per heavy atom. The van der Waals surface area contributed by atoms with Crippen molar-refractivity contribution in [3.05, 3.63) is 83.4 Å². The van der Waals surface area contributed by atoms with E-state index in [2.05, 4.69) is 15.0 Å². The number of anilines is 1. The molecule has 3 N–H and O–H groups in total. The maximum absolute atomic E-state index is 13.0. The Kier molecular flexibility index (Phi) is 6.52. The number of phenolic OH excluding ortho intramolecular Hbond substituents is 1. The zero-order valence-corrected chi connectivity index (χ0v) is 20.4. The molecule has 0 saturated heterocycles. The highest BCUT2D eigenvalue weighted by atomic mass is 35.5. The molecule has 0 unspecified atom stereocenters. The van der Waals surface area contributed by atoms with Gasteiger partial charge in [0.1, 0.15) is 11.4 Å². The van der Waals surface area contributed by atoms with Gasteiger partial charge in [-0.2, -0.15) is 8.42 Å². The normalized spacial score (nSPS) is 12.3. The van der Waals surface area contributed by atoms with Gasteiger partial charge in [0.2, 0.25) is 0 Å². The van der Waals surface area contributed by atoms with Crippen LogP contribution in [0.3, 0.4) is 0 Å². The van der Waals surface area contributed by atoms with Crippen LogP contribution in [0.2, 0.25) is 5.02 Å². The lowest BCUT2D eigenvalue weighted by Gasteiger charge is -2.14. The number of aryl methyl sites for hydroxylation is 1. The Morgan fingerprint density at radius 1 is 0.829 bits per heavy atom. The summed E-state index contributed by atoms with van der Waals surface area (Å²) in [4.78, 5) is -0.640. The van der Waals surface area contributed by atoms with E-state index >= 15 is 0 Å². The van der Waals surface area contributed by atoms with Crippen molar-refractivity contribution in [3.8, 4) is 5.75 Å². The van der Waals surface area contributed by atoms with E-state index in [0.29, 0.717) is 10.7 Å². The third-order valence-electron chi connectivity index (χ3n) is 5.03. The molecule has 0 radical (unpaired) electrons. The van der Waals surface area contributed by atoms with Crippen molar-refractivity contribution in [1.82, 2.24) is 0 Å². The van der Waals surface area contributed by atoms with E-state index in [1.807, 2.05) is 0 Å². The van der Waals surface area contributed by atoms with Crippen LogP contribution in [0.5, 0.6) is 5.75 Å². The van der Waals surface area contributed by atoms with E-state index < -0.39 is 30.8 Å². The van der Waals surface area contributed by atoms with E-state index in [0.717, 1.165) is 17.7 Å². The van der Waals surface area contributed by atoms with Gasteiger partial charge in [-0.25, -0.2) is 8.42 Å². The van der Waals surface area contributed by atoms with Gasteiger partial charge < -0.3 is 5.11 Å². The second-order valence-electron chi connectivity index (χ2n) is 7.55. The van der Waals surface area contributed by atoms with Crippen molar-refractivity contribution >= 4 is 59.6 Å². The second kappa shape index (κ2) is 9.27. The fourth-order valence-corrected chi connectivity index (χ4v) is 5.06. The predicted molar refractivity (Wildman–Crippen MR) is 133 cm³/mol. The molecule has 0 spiro atoms. The highest BCUT2D eigenvalue weighted by molar-refractivity contribution is 7.92. The lowest BCUT2D eigenvalue weighted by molar-refractivity contribution is 0.480. The van der Waals surface area contributed by atoms with Crippen LogP contribution in [0.4, 0.5) is 17.1 Å². The monoisotopic (exact) mass is 531 g/mol. The average molecular weight is 532 g/mol. The van der Waals surface area contributed by atoms with Crippen molar-refractivity contribution in [2.75, 3.05) is 4.72 Å². The van der Waals surface area contributed by atoms with Crippen molar-refractivity contribution in [2.24, 2.45) is 10.2 Å². The molecule has 4 aromatic rings. The molecule has 35 heavy (non-hydrogen) atoms. The Balaban J connectivity index is 1.89. The molecule has 0 aliphatic heterocycles. The molecule has 0 fully saturated rings. The maximum Gasteiger partial charge on any atom is 0.294 e. The SMILES string of the molecule is Cc1ccc(S(=O)(=O)Nc2cc(S(=O)(=O)O)cc3ccc(N=Nc4ccccc4Cl)c(O)c23)cc1. The molecule has 0 atom stereocenters. The first kappa shape index (κ1) is 24.6. The van der Waals surface area contributed by atoms with E-state index in [1.165, 1.54) is 24.3 Å². The van der Waals surface area contributed by atoms with Crippen LogP contribution in [-0.2, 0) is 20.1 Å². The smallest absolute Gasteiger partial charge is 0.294 e. The molecular weight excluding hydrogens is 514 g/mol.